The molecular formula is C29H32N4O4S. The van der Waals surface area contributed by atoms with Crippen molar-refractivity contribution in [1.82, 2.24) is 14.3 Å². The number of hydrogen-bond donors (Lipinski definition) is 1. The number of amides is 1. The number of nitrogens with one attached hydrogen (secondary N) is 1. The number of anilines is 1. The molecule has 4 aromatic rings. The lowest BCUT2D eigenvalue weighted by Gasteiger charge is -2.21. The summed E-state index contributed by atoms with van der Waals surface area (Å²) in [5, 5.41) is 9.12. The third-order valence-corrected chi connectivity index (χ3v) is 8.33. The summed E-state index contributed by atoms with van der Waals surface area (Å²) >= 11 is 1.44. The zero-order chi connectivity index (χ0) is 27.0. The number of esters is 1. The van der Waals surface area contributed by atoms with Crippen LogP contribution in [0.1, 0.15) is 71.2 Å². The second-order valence-corrected chi connectivity index (χ2v) is 10.7. The van der Waals surface area contributed by atoms with Gasteiger partial charge in [0.15, 0.2) is 0 Å². The maximum atomic E-state index is 13.9. The summed E-state index contributed by atoms with van der Waals surface area (Å²) in [5.41, 5.74) is 4.14. The highest BCUT2D eigenvalue weighted by molar-refractivity contribution is 7.17. The number of rotatable bonds is 7. The second kappa shape index (κ2) is 10.6. The van der Waals surface area contributed by atoms with Crippen molar-refractivity contribution in [3.05, 3.63) is 74.0 Å². The van der Waals surface area contributed by atoms with Gasteiger partial charge in [0.05, 0.1) is 23.6 Å². The molecule has 38 heavy (non-hydrogen) atoms. The lowest BCUT2D eigenvalue weighted by Crippen LogP contribution is -2.34. The fourth-order valence-electron chi connectivity index (χ4n) is 5.43. The normalized spacial score (nSPS) is 13.8. The minimum Gasteiger partial charge on any atom is -0.462 e. The number of carbonyl (C=O) groups excluding carboxylic acids is 2. The second-order valence-electron chi connectivity index (χ2n) is 9.62. The number of carbonyl (C=O) groups is 2. The first-order valence-corrected chi connectivity index (χ1v) is 14.0. The van der Waals surface area contributed by atoms with Crippen molar-refractivity contribution in [2.75, 3.05) is 11.9 Å². The number of para-hydroxylation sites is 1. The Balaban J connectivity index is 1.63. The first-order chi connectivity index (χ1) is 18.3. The predicted octanol–water partition coefficient (Wildman–Crippen LogP) is 5.51. The lowest BCUT2D eigenvalue weighted by molar-refractivity contribution is -0.119. The zero-order valence-corrected chi connectivity index (χ0v) is 23.0. The van der Waals surface area contributed by atoms with Crippen LogP contribution in [0.5, 0.6) is 0 Å². The Morgan fingerprint density at radius 3 is 2.58 bits per heavy atom. The van der Waals surface area contributed by atoms with Crippen LogP contribution in [0.15, 0.2) is 41.2 Å². The standard InChI is InChI=1S/C29H32N4O4S/c1-5-21(26(35)30-27-25(29(36)37-6-2)20-14-10-11-15-22(20)38-27)32-23(34)16-17(3)24-18(4)31-33(28(24)32)19-12-8-7-9-13-19/h7-9,12-13,16,21H,5-6,10-11,14-15H2,1-4H3,(H,30,35). The fraction of sp³-hybridized carbons (Fsp3) is 0.379. The van der Waals surface area contributed by atoms with Gasteiger partial charge in [-0.2, -0.15) is 5.10 Å². The van der Waals surface area contributed by atoms with Crippen molar-refractivity contribution < 1.29 is 14.3 Å². The number of aromatic nitrogens is 3. The fourth-order valence-corrected chi connectivity index (χ4v) is 6.71. The Labute approximate surface area is 225 Å². The van der Waals surface area contributed by atoms with Gasteiger partial charge in [-0.25, -0.2) is 9.48 Å². The first kappa shape index (κ1) is 25.9. The molecule has 1 aliphatic rings. The topological polar surface area (TPSA) is 95.2 Å². The Morgan fingerprint density at radius 2 is 1.87 bits per heavy atom. The van der Waals surface area contributed by atoms with Crippen LogP contribution in [0.3, 0.4) is 0 Å². The highest BCUT2D eigenvalue weighted by Crippen LogP contribution is 2.39. The molecule has 1 aromatic carbocycles. The molecule has 1 aliphatic carbocycles. The molecule has 0 saturated heterocycles. The molecule has 198 valence electrons. The zero-order valence-electron chi connectivity index (χ0n) is 22.2. The first-order valence-electron chi connectivity index (χ1n) is 13.1. The van der Waals surface area contributed by atoms with Crippen molar-refractivity contribution >= 4 is 39.2 Å². The Morgan fingerprint density at radius 1 is 1.13 bits per heavy atom. The SMILES string of the molecule is CCOC(=O)c1c(NC(=O)C(CC)n2c(=O)cc(C)c3c(C)nn(-c4ccccc4)c32)sc2c1CCCC2. The van der Waals surface area contributed by atoms with E-state index in [1.54, 1.807) is 22.2 Å². The lowest BCUT2D eigenvalue weighted by atomic mass is 9.95. The van der Waals surface area contributed by atoms with E-state index in [4.69, 9.17) is 9.84 Å². The van der Waals surface area contributed by atoms with Gasteiger partial charge in [0.1, 0.15) is 16.7 Å². The summed E-state index contributed by atoms with van der Waals surface area (Å²) in [6.45, 7) is 7.71. The third kappa shape index (κ3) is 4.45. The van der Waals surface area contributed by atoms with Crippen molar-refractivity contribution in [2.45, 2.75) is 65.8 Å². The van der Waals surface area contributed by atoms with Crippen LogP contribution in [0, 0.1) is 13.8 Å². The van der Waals surface area contributed by atoms with Crippen molar-refractivity contribution in [3.63, 3.8) is 0 Å². The van der Waals surface area contributed by atoms with Gasteiger partial charge in [-0.3, -0.25) is 14.2 Å². The summed E-state index contributed by atoms with van der Waals surface area (Å²) in [6, 6.07) is 10.3. The molecule has 1 amide bonds. The van der Waals surface area contributed by atoms with Crippen LogP contribution in [0.4, 0.5) is 5.00 Å². The van der Waals surface area contributed by atoms with E-state index in [1.165, 1.54) is 11.3 Å². The van der Waals surface area contributed by atoms with Gasteiger partial charge in [0, 0.05) is 16.3 Å². The molecule has 8 nitrogen and oxygen atoms in total. The number of nitrogens with zero attached hydrogens (tertiary/aromatic N) is 3. The summed E-state index contributed by atoms with van der Waals surface area (Å²) in [6.07, 6.45) is 4.11. The molecule has 0 bridgehead atoms. The summed E-state index contributed by atoms with van der Waals surface area (Å²) in [7, 11) is 0. The van der Waals surface area contributed by atoms with E-state index in [-0.39, 0.29) is 18.1 Å². The van der Waals surface area contributed by atoms with Gasteiger partial charge in [-0.05, 0) is 76.1 Å². The molecule has 3 heterocycles. The van der Waals surface area contributed by atoms with Crippen LogP contribution < -0.4 is 10.9 Å². The highest BCUT2D eigenvalue weighted by Gasteiger charge is 2.31. The van der Waals surface area contributed by atoms with Crippen LogP contribution in [0.2, 0.25) is 0 Å². The van der Waals surface area contributed by atoms with Crippen molar-refractivity contribution in [3.8, 4) is 5.69 Å². The quantitative estimate of drug-likeness (QED) is 0.317. The maximum absolute atomic E-state index is 13.9. The smallest absolute Gasteiger partial charge is 0.341 e. The van der Waals surface area contributed by atoms with Crippen LogP contribution in [-0.2, 0) is 22.4 Å². The van der Waals surface area contributed by atoms with Gasteiger partial charge in [-0.1, -0.05) is 25.1 Å². The maximum Gasteiger partial charge on any atom is 0.341 e. The summed E-state index contributed by atoms with van der Waals surface area (Å²) < 4.78 is 8.64. The van der Waals surface area contributed by atoms with Crippen LogP contribution >= 0.6 is 11.3 Å². The largest absolute Gasteiger partial charge is 0.462 e. The number of ether oxygens (including phenoxy) is 1. The summed E-state index contributed by atoms with van der Waals surface area (Å²) in [4.78, 5) is 41.4. The van der Waals surface area contributed by atoms with Gasteiger partial charge in [0.25, 0.3) is 5.56 Å². The highest BCUT2D eigenvalue weighted by atomic mass is 32.1. The number of thiophene rings is 1. The van der Waals surface area contributed by atoms with Crippen LogP contribution in [0.25, 0.3) is 16.7 Å². The van der Waals surface area contributed by atoms with E-state index >= 15 is 0 Å². The number of benzene rings is 1. The van der Waals surface area contributed by atoms with E-state index in [9.17, 15) is 14.4 Å². The van der Waals surface area contributed by atoms with Gasteiger partial charge >= 0.3 is 5.97 Å². The Bertz CT molecular complexity index is 1580. The monoisotopic (exact) mass is 532 g/mol. The molecule has 0 saturated carbocycles. The Hall–Kier alpha value is -3.72. The average Bonchev–Trinajstić information content (AvgIpc) is 3.44. The molecule has 1 atom stereocenters. The summed E-state index contributed by atoms with van der Waals surface area (Å²) in [5.74, 6) is -0.759. The average molecular weight is 533 g/mol. The molecule has 5 rings (SSSR count). The molecule has 3 aromatic heterocycles. The molecular weight excluding hydrogens is 500 g/mol. The number of hydrogen-bond acceptors (Lipinski definition) is 6. The Kier molecular flexibility index (Phi) is 7.21. The number of pyridine rings is 1. The van der Waals surface area contributed by atoms with Gasteiger partial charge < -0.3 is 10.1 Å². The minimum absolute atomic E-state index is 0.258. The molecule has 1 unspecified atom stereocenters. The number of aryl methyl sites for hydroxylation is 3. The molecule has 0 fully saturated rings. The molecule has 0 aliphatic heterocycles. The molecule has 0 spiro atoms. The van der Waals surface area contributed by atoms with E-state index in [0.717, 1.165) is 58.5 Å². The molecule has 1 N–H and O–H groups in total. The van der Waals surface area contributed by atoms with Gasteiger partial charge in [-0.15, -0.1) is 11.3 Å². The minimum atomic E-state index is -0.807. The number of fused-ring (bicyclic) bond motifs is 2. The van der Waals surface area contributed by atoms with E-state index in [1.807, 2.05) is 51.1 Å². The van der Waals surface area contributed by atoms with Gasteiger partial charge in [0.2, 0.25) is 5.91 Å². The van der Waals surface area contributed by atoms with E-state index in [2.05, 4.69) is 5.32 Å². The third-order valence-electron chi connectivity index (χ3n) is 7.13. The molecule has 9 heteroatoms. The van der Waals surface area contributed by atoms with Crippen LogP contribution in [-0.4, -0.2) is 32.8 Å². The van der Waals surface area contributed by atoms with Crippen molar-refractivity contribution in [2.24, 2.45) is 0 Å². The van der Waals surface area contributed by atoms with E-state index < -0.39 is 12.0 Å². The van der Waals surface area contributed by atoms with E-state index in [0.29, 0.717) is 22.6 Å². The predicted molar refractivity (Wildman–Crippen MR) is 150 cm³/mol. The van der Waals surface area contributed by atoms with Crippen molar-refractivity contribution in [1.29, 1.82) is 0 Å². The molecule has 0 radical (unpaired) electrons.